The van der Waals surface area contributed by atoms with E-state index in [1.54, 1.807) is 12.1 Å². The molecule has 140 valence electrons. The molecule has 0 aliphatic carbocycles. The zero-order chi connectivity index (χ0) is 18.9. The molecule has 0 fully saturated rings. The monoisotopic (exact) mass is 387 g/mol. The molecule has 1 aliphatic heterocycles. The van der Waals surface area contributed by atoms with Crippen molar-refractivity contribution in [3.63, 3.8) is 0 Å². The molecular weight excluding hydrogens is 371 g/mol. The lowest BCUT2D eigenvalue weighted by Gasteiger charge is -2.35. The summed E-state index contributed by atoms with van der Waals surface area (Å²) in [6, 6.07) is 10.8. The predicted octanol–water partition coefficient (Wildman–Crippen LogP) is 2.87. The maximum absolute atomic E-state index is 13.0. The first-order valence-corrected chi connectivity index (χ1v) is 9.23. The van der Waals surface area contributed by atoms with Crippen LogP contribution in [0.1, 0.15) is 17.2 Å². The molecule has 0 saturated heterocycles. The smallest absolute Gasteiger partial charge is 0.404 e. The molecule has 1 atom stereocenters. The van der Waals surface area contributed by atoms with Crippen LogP contribution in [0.4, 0.5) is 13.2 Å². The number of hydrogen-bond donors (Lipinski definition) is 1. The number of aliphatic hydroxyl groups is 1. The fourth-order valence-electron chi connectivity index (χ4n) is 3.10. The van der Waals surface area contributed by atoms with Crippen LogP contribution in [-0.2, 0) is 16.4 Å². The van der Waals surface area contributed by atoms with Crippen molar-refractivity contribution >= 4 is 10.0 Å². The fraction of sp³-hybridized carbons (Fsp3) is 0.294. The number of halogens is 3. The van der Waals surface area contributed by atoms with Crippen LogP contribution >= 0.6 is 0 Å². The fourth-order valence-corrected chi connectivity index (χ4v) is 4.82. The Morgan fingerprint density at radius 1 is 1.12 bits per heavy atom. The molecule has 9 heteroatoms. The van der Waals surface area contributed by atoms with Crippen molar-refractivity contribution in [1.82, 2.24) is 4.31 Å². The molecule has 1 heterocycles. The zero-order valence-electron chi connectivity index (χ0n) is 13.5. The van der Waals surface area contributed by atoms with Gasteiger partial charge in [0.1, 0.15) is 10.6 Å². The first-order valence-electron chi connectivity index (χ1n) is 7.79. The number of nitrogens with zero attached hydrogens (tertiary/aromatic N) is 1. The quantitative estimate of drug-likeness (QED) is 0.876. The summed E-state index contributed by atoms with van der Waals surface area (Å²) in [6.45, 7) is -0.441. The highest BCUT2D eigenvalue weighted by atomic mass is 32.2. The Labute approximate surface area is 148 Å². The van der Waals surface area contributed by atoms with E-state index in [4.69, 9.17) is 0 Å². The number of alkyl halides is 3. The maximum Gasteiger partial charge on any atom is 0.573 e. The third-order valence-corrected chi connectivity index (χ3v) is 6.15. The van der Waals surface area contributed by atoms with Crippen LogP contribution in [0.15, 0.2) is 53.4 Å². The van der Waals surface area contributed by atoms with E-state index in [9.17, 15) is 26.7 Å². The molecule has 26 heavy (non-hydrogen) atoms. The van der Waals surface area contributed by atoms with Gasteiger partial charge in [-0.05, 0) is 29.7 Å². The average molecular weight is 387 g/mol. The number of ether oxygens (including phenoxy) is 1. The molecule has 0 amide bonds. The highest BCUT2D eigenvalue weighted by Crippen LogP contribution is 2.37. The zero-order valence-corrected chi connectivity index (χ0v) is 14.3. The third-order valence-electron chi connectivity index (χ3n) is 4.20. The second-order valence-electron chi connectivity index (χ2n) is 5.76. The van der Waals surface area contributed by atoms with Crippen LogP contribution in [0, 0.1) is 0 Å². The van der Waals surface area contributed by atoms with Crippen molar-refractivity contribution in [3.05, 3.63) is 59.7 Å². The van der Waals surface area contributed by atoms with Crippen LogP contribution in [0.25, 0.3) is 0 Å². The third kappa shape index (κ3) is 3.55. The van der Waals surface area contributed by atoms with E-state index in [0.717, 1.165) is 22.0 Å². The molecular formula is C17H16F3NO4S. The summed E-state index contributed by atoms with van der Waals surface area (Å²) in [6.07, 6.45) is -4.62. The maximum atomic E-state index is 13.0. The molecule has 0 saturated carbocycles. The summed E-state index contributed by atoms with van der Waals surface area (Å²) in [5, 5.41) is 9.76. The van der Waals surface area contributed by atoms with Gasteiger partial charge in [0.15, 0.2) is 0 Å². The van der Waals surface area contributed by atoms with Gasteiger partial charge in [-0.3, -0.25) is 0 Å². The summed E-state index contributed by atoms with van der Waals surface area (Å²) in [5.41, 5.74) is 1.54. The van der Waals surface area contributed by atoms with E-state index in [-0.39, 0.29) is 6.54 Å². The van der Waals surface area contributed by atoms with E-state index in [2.05, 4.69) is 4.74 Å². The second kappa shape index (κ2) is 6.90. The average Bonchev–Trinajstić information content (AvgIpc) is 2.59. The van der Waals surface area contributed by atoms with Gasteiger partial charge >= 0.3 is 6.36 Å². The van der Waals surface area contributed by atoms with Crippen LogP contribution in [-0.4, -0.2) is 37.3 Å². The summed E-state index contributed by atoms with van der Waals surface area (Å²) in [5.74, 6) is -0.796. The Morgan fingerprint density at radius 2 is 1.77 bits per heavy atom. The topological polar surface area (TPSA) is 66.8 Å². The Hall–Kier alpha value is -2.10. The van der Waals surface area contributed by atoms with E-state index < -0.39 is 39.7 Å². The predicted molar refractivity (Wildman–Crippen MR) is 87.0 cm³/mol. The van der Waals surface area contributed by atoms with Crippen molar-refractivity contribution in [2.24, 2.45) is 0 Å². The summed E-state index contributed by atoms with van der Waals surface area (Å²) in [4.78, 5) is -0.588. The molecule has 0 radical (unpaired) electrons. The Bertz CT molecular complexity index is 899. The molecule has 3 rings (SSSR count). The van der Waals surface area contributed by atoms with Crippen molar-refractivity contribution in [1.29, 1.82) is 0 Å². The summed E-state index contributed by atoms with van der Waals surface area (Å²) < 4.78 is 68.8. The highest BCUT2D eigenvalue weighted by molar-refractivity contribution is 7.89. The van der Waals surface area contributed by atoms with Gasteiger partial charge in [-0.2, -0.15) is 4.31 Å². The second-order valence-corrected chi connectivity index (χ2v) is 7.62. The van der Waals surface area contributed by atoms with Crippen molar-refractivity contribution < 1.29 is 31.4 Å². The largest absolute Gasteiger partial charge is 0.573 e. The van der Waals surface area contributed by atoms with Crippen LogP contribution in [0.2, 0.25) is 0 Å². The van der Waals surface area contributed by atoms with Crippen LogP contribution in [0.5, 0.6) is 5.75 Å². The molecule has 0 spiro atoms. The lowest BCUT2D eigenvalue weighted by molar-refractivity contribution is -0.275. The molecule has 0 aromatic heterocycles. The Balaban J connectivity index is 2.04. The van der Waals surface area contributed by atoms with Crippen LogP contribution in [0.3, 0.4) is 0 Å². The SMILES string of the molecule is O=S(=O)(c1ccccc1OC(F)(F)F)N1CCc2ccccc2[C@@H]1CO. The van der Waals surface area contributed by atoms with E-state index in [1.165, 1.54) is 12.1 Å². The van der Waals surface area contributed by atoms with E-state index in [0.29, 0.717) is 12.0 Å². The molecule has 2 aromatic carbocycles. The van der Waals surface area contributed by atoms with Gasteiger partial charge < -0.3 is 9.84 Å². The molecule has 0 unspecified atom stereocenters. The standard InChI is InChI=1S/C17H16F3NO4S/c18-17(19,20)25-15-7-3-4-8-16(15)26(23,24)21-10-9-12-5-1-2-6-13(12)14(21)11-22/h1-8,14,22H,9-11H2/t14-/m0/s1. The molecule has 1 N–H and O–H groups in total. The Morgan fingerprint density at radius 3 is 2.46 bits per heavy atom. The number of sulfonamides is 1. The van der Waals surface area contributed by atoms with Gasteiger partial charge in [0.05, 0.1) is 12.6 Å². The van der Waals surface area contributed by atoms with Crippen molar-refractivity contribution in [2.45, 2.75) is 23.7 Å². The summed E-state index contributed by atoms with van der Waals surface area (Å²) >= 11 is 0. The normalized spacial score (nSPS) is 18.4. The van der Waals surface area contributed by atoms with Crippen LogP contribution < -0.4 is 4.74 Å². The minimum absolute atomic E-state index is 0.0466. The van der Waals surface area contributed by atoms with Crippen molar-refractivity contribution in [3.8, 4) is 5.75 Å². The first kappa shape index (κ1) is 18.7. The van der Waals surface area contributed by atoms with Gasteiger partial charge in [-0.15, -0.1) is 13.2 Å². The van der Waals surface area contributed by atoms with Gasteiger partial charge in [0.2, 0.25) is 10.0 Å². The lowest BCUT2D eigenvalue weighted by Crippen LogP contribution is -2.41. The number of benzene rings is 2. The highest BCUT2D eigenvalue weighted by Gasteiger charge is 2.39. The van der Waals surface area contributed by atoms with Gasteiger partial charge in [-0.1, -0.05) is 36.4 Å². The number of rotatable bonds is 4. The first-order chi connectivity index (χ1) is 12.2. The van der Waals surface area contributed by atoms with Gasteiger partial charge in [0, 0.05) is 6.54 Å². The summed E-state index contributed by atoms with van der Waals surface area (Å²) in [7, 11) is -4.32. The molecule has 5 nitrogen and oxygen atoms in total. The van der Waals surface area contributed by atoms with Crippen molar-refractivity contribution in [2.75, 3.05) is 13.2 Å². The van der Waals surface area contributed by atoms with E-state index in [1.807, 2.05) is 12.1 Å². The van der Waals surface area contributed by atoms with Gasteiger partial charge in [0.25, 0.3) is 0 Å². The lowest BCUT2D eigenvalue weighted by atomic mass is 9.95. The number of para-hydroxylation sites is 1. The Kier molecular flexibility index (Phi) is 4.96. The molecule has 1 aliphatic rings. The van der Waals surface area contributed by atoms with E-state index >= 15 is 0 Å². The number of fused-ring (bicyclic) bond motifs is 1. The molecule has 2 aromatic rings. The minimum Gasteiger partial charge on any atom is -0.404 e. The van der Waals surface area contributed by atoms with Gasteiger partial charge in [-0.25, -0.2) is 8.42 Å². The number of aliphatic hydroxyl groups excluding tert-OH is 1. The minimum atomic E-state index is -5.02. The molecule has 0 bridgehead atoms. The number of hydrogen-bond acceptors (Lipinski definition) is 4.